The lowest BCUT2D eigenvalue weighted by molar-refractivity contribution is -0.251. The maximum atomic E-state index is 4.19. The molecule has 3 nitrogen and oxygen atoms in total. The Bertz CT molecular complexity index is 457. The first-order valence-corrected chi connectivity index (χ1v) is 5.58. The second-order valence-corrected chi connectivity index (χ2v) is 3.49. The number of hydrogen-bond acceptors (Lipinski definition) is 3. The summed E-state index contributed by atoms with van der Waals surface area (Å²) >= 11 is 0. The van der Waals surface area contributed by atoms with Crippen molar-refractivity contribution in [3.05, 3.63) is 73.0 Å². The van der Waals surface area contributed by atoms with Gasteiger partial charge in [-0.25, -0.2) is 0 Å². The van der Waals surface area contributed by atoms with Crippen LogP contribution in [-0.4, -0.2) is 6.21 Å². The molecule has 3 rings (SSSR count). The number of rotatable bonds is 1. The van der Waals surface area contributed by atoms with E-state index >= 15 is 0 Å². The van der Waals surface area contributed by atoms with Crippen molar-refractivity contribution in [3.8, 4) is 11.1 Å². The highest BCUT2D eigenvalue weighted by Gasteiger charge is 1.91. The van der Waals surface area contributed by atoms with Gasteiger partial charge in [0, 0.05) is 0 Å². The Morgan fingerprint density at radius 1 is 0.722 bits per heavy atom. The van der Waals surface area contributed by atoms with Crippen LogP contribution in [0.3, 0.4) is 0 Å². The van der Waals surface area contributed by atoms with Gasteiger partial charge in [-0.1, -0.05) is 60.7 Å². The Kier molecular flexibility index (Phi) is 4.58. The van der Waals surface area contributed by atoms with Crippen LogP contribution < -0.4 is 0 Å². The van der Waals surface area contributed by atoms with Gasteiger partial charge >= 0.3 is 0 Å². The average Bonchev–Trinajstić information content (AvgIpc) is 2.51. The zero-order valence-corrected chi connectivity index (χ0v) is 9.77. The largest absolute Gasteiger partial charge is 0.275 e. The van der Waals surface area contributed by atoms with Crippen molar-refractivity contribution >= 4 is 6.21 Å². The number of nitrogens with zero attached hydrogens (tertiary/aromatic N) is 1. The molecule has 3 heteroatoms. The normalized spacial score (nSPS) is 11.8. The van der Waals surface area contributed by atoms with Gasteiger partial charge in [-0.05, 0) is 22.4 Å². The molecular formula is C15H13NO2. The second-order valence-electron chi connectivity index (χ2n) is 3.49. The third kappa shape index (κ3) is 3.79. The Balaban J connectivity index is 0.000000169. The van der Waals surface area contributed by atoms with Crippen molar-refractivity contribution in [2.75, 3.05) is 0 Å². The van der Waals surface area contributed by atoms with E-state index in [1.165, 1.54) is 23.6 Å². The van der Waals surface area contributed by atoms with Crippen LogP contribution in [0.5, 0.6) is 0 Å². The Morgan fingerprint density at radius 3 is 1.56 bits per heavy atom. The van der Waals surface area contributed by atoms with E-state index in [-0.39, 0.29) is 0 Å². The topological polar surface area (TPSA) is 30.8 Å². The van der Waals surface area contributed by atoms with E-state index in [1.54, 1.807) is 6.08 Å². The van der Waals surface area contributed by atoms with Gasteiger partial charge in [0.25, 0.3) is 0 Å². The molecule has 0 N–H and O–H groups in total. The minimum absolute atomic E-state index is 1.28. The molecule has 0 saturated heterocycles. The fourth-order valence-electron chi connectivity index (χ4n) is 1.44. The number of hydrogen-bond donors (Lipinski definition) is 0. The summed E-state index contributed by atoms with van der Waals surface area (Å²) in [6, 6.07) is 20.8. The molecule has 0 spiro atoms. The van der Waals surface area contributed by atoms with E-state index in [2.05, 4.69) is 63.6 Å². The molecule has 0 unspecified atom stereocenters. The second kappa shape index (κ2) is 6.91. The van der Waals surface area contributed by atoms with Crippen molar-refractivity contribution in [3.63, 3.8) is 0 Å². The summed E-state index contributed by atoms with van der Waals surface area (Å²) in [6.45, 7) is 0. The molecule has 18 heavy (non-hydrogen) atoms. The molecular weight excluding hydrogens is 226 g/mol. The standard InChI is InChI=1S/C12H10.C3H3NO2/c1-3-7-11(8-4-1)12-9-5-2-6-10-12;1-2-4-6-5-3-1/h1-10H;1-3H. The van der Waals surface area contributed by atoms with Crippen molar-refractivity contribution in [1.29, 1.82) is 0 Å². The van der Waals surface area contributed by atoms with Gasteiger partial charge in [0.05, 0.1) is 6.21 Å². The van der Waals surface area contributed by atoms with E-state index < -0.39 is 0 Å². The average molecular weight is 239 g/mol. The number of oxime groups is 1. The molecule has 0 aliphatic carbocycles. The fourth-order valence-corrected chi connectivity index (χ4v) is 1.44. The molecule has 0 radical (unpaired) electrons. The molecule has 0 fully saturated rings. The van der Waals surface area contributed by atoms with E-state index in [0.717, 1.165) is 0 Å². The number of allylic oxidation sites excluding steroid dienone is 1. The minimum Gasteiger partial charge on any atom is -0.275 e. The summed E-state index contributed by atoms with van der Waals surface area (Å²) in [6.07, 6.45) is 4.51. The van der Waals surface area contributed by atoms with Crippen LogP contribution in [0.1, 0.15) is 0 Å². The van der Waals surface area contributed by atoms with Gasteiger partial charge in [-0.3, -0.25) is 4.89 Å². The maximum absolute atomic E-state index is 4.19. The molecule has 0 saturated carbocycles. The van der Waals surface area contributed by atoms with Crippen molar-refractivity contribution in [1.82, 2.24) is 0 Å². The van der Waals surface area contributed by atoms with Crippen LogP contribution >= 0.6 is 0 Å². The van der Waals surface area contributed by atoms with Gasteiger partial charge in [0.1, 0.15) is 6.26 Å². The lowest BCUT2D eigenvalue weighted by Crippen LogP contribution is -1.82. The monoisotopic (exact) mass is 239 g/mol. The van der Waals surface area contributed by atoms with Crippen LogP contribution in [0.15, 0.2) is 78.2 Å². The highest BCUT2D eigenvalue weighted by Crippen LogP contribution is 2.17. The SMILES string of the molecule is C1=COON=C1.c1ccc(-c2ccccc2)cc1. The molecule has 90 valence electrons. The predicted molar refractivity (Wildman–Crippen MR) is 71.7 cm³/mol. The predicted octanol–water partition coefficient (Wildman–Crippen LogP) is 3.80. The molecule has 2 aromatic carbocycles. The zero-order chi connectivity index (χ0) is 12.5. The number of benzene rings is 2. The van der Waals surface area contributed by atoms with Gasteiger partial charge in [0.15, 0.2) is 0 Å². The molecule has 0 amide bonds. The van der Waals surface area contributed by atoms with E-state index in [9.17, 15) is 0 Å². The Labute approximate surface area is 106 Å². The van der Waals surface area contributed by atoms with Crippen LogP contribution in [-0.2, 0) is 9.88 Å². The molecule has 1 heterocycles. The van der Waals surface area contributed by atoms with E-state index in [0.29, 0.717) is 0 Å². The van der Waals surface area contributed by atoms with E-state index in [1.807, 2.05) is 12.1 Å². The summed E-state index contributed by atoms with van der Waals surface area (Å²) in [7, 11) is 0. The highest BCUT2D eigenvalue weighted by molar-refractivity contribution is 5.70. The lowest BCUT2D eigenvalue weighted by atomic mass is 10.1. The summed E-state index contributed by atoms with van der Waals surface area (Å²) in [5.74, 6) is 0. The first-order valence-electron chi connectivity index (χ1n) is 5.58. The molecule has 2 aromatic rings. The van der Waals surface area contributed by atoms with E-state index in [4.69, 9.17) is 0 Å². The maximum Gasteiger partial charge on any atom is 0.147 e. The summed E-state index contributed by atoms with van der Waals surface area (Å²) in [4.78, 5) is 8.24. The van der Waals surface area contributed by atoms with Crippen molar-refractivity contribution in [2.45, 2.75) is 0 Å². The van der Waals surface area contributed by atoms with Crippen molar-refractivity contribution < 1.29 is 9.88 Å². The minimum atomic E-state index is 1.28. The van der Waals surface area contributed by atoms with Gasteiger partial charge in [-0.2, -0.15) is 4.99 Å². The van der Waals surface area contributed by atoms with Crippen LogP contribution in [0.4, 0.5) is 0 Å². The summed E-state index contributed by atoms with van der Waals surface area (Å²) in [5, 5.41) is 3.24. The highest BCUT2D eigenvalue weighted by atomic mass is 17.3. The molecule has 1 aliphatic rings. The lowest BCUT2D eigenvalue weighted by Gasteiger charge is -1.98. The first kappa shape index (κ1) is 11.9. The molecule has 0 aromatic heterocycles. The zero-order valence-electron chi connectivity index (χ0n) is 9.77. The van der Waals surface area contributed by atoms with Gasteiger partial charge < -0.3 is 0 Å². The van der Waals surface area contributed by atoms with Gasteiger partial charge in [-0.15, -0.1) is 0 Å². The van der Waals surface area contributed by atoms with Gasteiger partial charge in [0.2, 0.25) is 0 Å². The summed E-state index contributed by atoms with van der Waals surface area (Å²) in [5.41, 5.74) is 2.55. The van der Waals surface area contributed by atoms with Crippen molar-refractivity contribution in [2.24, 2.45) is 5.16 Å². The van der Waals surface area contributed by atoms with Crippen LogP contribution in [0.25, 0.3) is 11.1 Å². The Hall–Kier alpha value is -2.55. The quantitative estimate of drug-likeness (QED) is 0.709. The molecule has 0 bridgehead atoms. The summed E-state index contributed by atoms with van der Waals surface area (Å²) < 4.78 is 0. The van der Waals surface area contributed by atoms with Crippen LogP contribution in [0, 0.1) is 0 Å². The fraction of sp³-hybridized carbons (Fsp3) is 0. The van der Waals surface area contributed by atoms with Crippen LogP contribution in [0.2, 0.25) is 0 Å². The molecule has 1 aliphatic heterocycles. The smallest absolute Gasteiger partial charge is 0.147 e. The third-order valence-electron chi connectivity index (χ3n) is 2.25. The first-order chi connectivity index (χ1) is 8.97. The third-order valence-corrected chi connectivity index (χ3v) is 2.25. The molecule has 0 atom stereocenters. The Morgan fingerprint density at radius 2 is 1.28 bits per heavy atom.